The number of hydrogen-bond donors (Lipinski definition) is 0. The smallest absolute Gasteiger partial charge is 0.305 e. The van der Waals surface area contributed by atoms with E-state index in [-0.39, 0.29) is 5.97 Å². The number of allylic oxidation sites excluding steroid dienone is 1. The van der Waals surface area contributed by atoms with Gasteiger partial charge in [0.2, 0.25) is 0 Å². The second kappa shape index (κ2) is 14.1. The van der Waals surface area contributed by atoms with Gasteiger partial charge in [0.25, 0.3) is 0 Å². The Morgan fingerprint density at radius 3 is 2.28 bits per heavy atom. The van der Waals surface area contributed by atoms with E-state index in [1.165, 1.54) is 45.6 Å². The van der Waals surface area contributed by atoms with Crippen LogP contribution in [0.2, 0.25) is 0 Å². The second-order valence-electron chi connectivity index (χ2n) is 4.60. The van der Waals surface area contributed by atoms with Gasteiger partial charge in [0.05, 0.1) is 7.11 Å². The molecule has 0 spiro atoms. The SMILES string of the molecule is CCCCCCCCC=C=CCCCC(=O)OC. The molecule has 0 N–H and O–H groups in total. The van der Waals surface area contributed by atoms with Crippen LogP contribution in [-0.4, -0.2) is 13.1 Å². The van der Waals surface area contributed by atoms with E-state index in [2.05, 4.69) is 23.5 Å². The summed E-state index contributed by atoms with van der Waals surface area (Å²) in [5.41, 5.74) is 3.18. The zero-order valence-corrected chi connectivity index (χ0v) is 12.0. The van der Waals surface area contributed by atoms with Crippen LogP contribution in [0.3, 0.4) is 0 Å². The van der Waals surface area contributed by atoms with Crippen LogP contribution in [0.5, 0.6) is 0 Å². The summed E-state index contributed by atoms with van der Waals surface area (Å²) in [5, 5.41) is 0. The van der Waals surface area contributed by atoms with E-state index in [0.717, 1.165) is 19.3 Å². The third-order valence-corrected chi connectivity index (χ3v) is 2.89. The highest BCUT2D eigenvalue weighted by atomic mass is 16.5. The van der Waals surface area contributed by atoms with Crippen LogP contribution < -0.4 is 0 Å². The first-order valence-electron chi connectivity index (χ1n) is 7.27. The van der Waals surface area contributed by atoms with E-state index in [0.29, 0.717) is 6.42 Å². The first kappa shape index (κ1) is 17.0. The first-order chi connectivity index (χ1) is 8.81. The van der Waals surface area contributed by atoms with Gasteiger partial charge < -0.3 is 4.74 Å². The minimum atomic E-state index is -0.126. The van der Waals surface area contributed by atoms with Crippen molar-refractivity contribution in [1.29, 1.82) is 0 Å². The average molecular weight is 252 g/mol. The van der Waals surface area contributed by atoms with Gasteiger partial charge >= 0.3 is 5.97 Å². The summed E-state index contributed by atoms with van der Waals surface area (Å²) in [6.45, 7) is 2.24. The molecule has 0 aromatic carbocycles. The fourth-order valence-corrected chi connectivity index (χ4v) is 1.73. The first-order valence-corrected chi connectivity index (χ1v) is 7.27. The fourth-order valence-electron chi connectivity index (χ4n) is 1.73. The molecule has 2 heteroatoms. The Hall–Kier alpha value is -1.01. The van der Waals surface area contributed by atoms with Crippen molar-refractivity contribution in [1.82, 2.24) is 0 Å². The van der Waals surface area contributed by atoms with Gasteiger partial charge in [-0.1, -0.05) is 39.0 Å². The number of carbonyl (C=O) groups is 1. The number of rotatable bonds is 11. The summed E-state index contributed by atoms with van der Waals surface area (Å²) in [6.07, 6.45) is 15.5. The monoisotopic (exact) mass is 252 g/mol. The van der Waals surface area contributed by atoms with Crippen LogP contribution >= 0.6 is 0 Å². The van der Waals surface area contributed by atoms with Gasteiger partial charge in [-0.05, 0) is 37.8 Å². The molecule has 0 aliphatic rings. The predicted molar refractivity (Wildman–Crippen MR) is 76.5 cm³/mol. The Balaban J connectivity index is 3.28. The standard InChI is InChI=1S/C16H28O2/c1-3-4-5-6-7-8-9-10-11-12-13-14-15-16(17)18-2/h10,12H,3-9,13-15H2,1-2H3. The molecular weight excluding hydrogens is 224 g/mol. The molecule has 0 unspecified atom stereocenters. The van der Waals surface area contributed by atoms with Gasteiger partial charge in [-0.3, -0.25) is 4.79 Å². The van der Waals surface area contributed by atoms with Crippen molar-refractivity contribution >= 4 is 5.97 Å². The number of carbonyl (C=O) groups excluding carboxylic acids is 1. The highest BCUT2D eigenvalue weighted by Crippen LogP contribution is 2.06. The van der Waals surface area contributed by atoms with E-state index in [1.807, 2.05) is 6.08 Å². The predicted octanol–water partition coefficient (Wildman–Crippen LogP) is 4.79. The molecule has 0 bridgehead atoms. The molecule has 0 heterocycles. The van der Waals surface area contributed by atoms with E-state index < -0.39 is 0 Å². The summed E-state index contributed by atoms with van der Waals surface area (Å²) in [4.78, 5) is 10.8. The maximum absolute atomic E-state index is 10.8. The Labute approximate surface area is 112 Å². The minimum absolute atomic E-state index is 0.126. The molecule has 0 aromatic heterocycles. The molecule has 0 aliphatic heterocycles. The lowest BCUT2D eigenvalue weighted by Gasteiger charge is -1.96. The molecule has 0 fully saturated rings. The van der Waals surface area contributed by atoms with Crippen LogP contribution in [0.4, 0.5) is 0 Å². The van der Waals surface area contributed by atoms with Crippen molar-refractivity contribution in [2.45, 2.75) is 71.1 Å². The molecule has 0 saturated heterocycles. The summed E-state index contributed by atoms with van der Waals surface area (Å²) < 4.78 is 4.57. The molecular formula is C16H28O2. The molecule has 0 rings (SSSR count). The van der Waals surface area contributed by atoms with E-state index >= 15 is 0 Å². The molecule has 2 nitrogen and oxygen atoms in total. The van der Waals surface area contributed by atoms with Gasteiger partial charge in [-0.25, -0.2) is 0 Å². The van der Waals surface area contributed by atoms with Crippen molar-refractivity contribution in [3.8, 4) is 0 Å². The quantitative estimate of drug-likeness (QED) is 0.300. The van der Waals surface area contributed by atoms with Crippen molar-refractivity contribution < 1.29 is 9.53 Å². The minimum Gasteiger partial charge on any atom is -0.469 e. The molecule has 0 saturated carbocycles. The number of hydrogen-bond acceptors (Lipinski definition) is 2. The maximum Gasteiger partial charge on any atom is 0.305 e. The lowest BCUT2D eigenvalue weighted by molar-refractivity contribution is -0.140. The average Bonchev–Trinajstić information content (AvgIpc) is 2.39. The Kier molecular flexibility index (Phi) is 13.3. The lowest BCUT2D eigenvalue weighted by Crippen LogP contribution is -1.98. The van der Waals surface area contributed by atoms with Crippen LogP contribution in [0.25, 0.3) is 0 Å². The van der Waals surface area contributed by atoms with Crippen LogP contribution in [0.15, 0.2) is 17.9 Å². The van der Waals surface area contributed by atoms with E-state index in [4.69, 9.17) is 0 Å². The van der Waals surface area contributed by atoms with Gasteiger partial charge in [-0.15, -0.1) is 5.73 Å². The third-order valence-electron chi connectivity index (χ3n) is 2.89. The molecule has 18 heavy (non-hydrogen) atoms. The highest BCUT2D eigenvalue weighted by Gasteiger charge is 1.96. The van der Waals surface area contributed by atoms with E-state index in [1.54, 1.807) is 0 Å². The molecule has 0 aliphatic carbocycles. The van der Waals surface area contributed by atoms with E-state index in [9.17, 15) is 4.79 Å². The van der Waals surface area contributed by atoms with Crippen molar-refractivity contribution in [2.75, 3.05) is 7.11 Å². The zero-order valence-electron chi connectivity index (χ0n) is 12.0. The highest BCUT2D eigenvalue weighted by molar-refractivity contribution is 5.68. The van der Waals surface area contributed by atoms with Crippen molar-refractivity contribution in [2.24, 2.45) is 0 Å². The number of methoxy groups -OCH3 is 1. The molecule has 0 radical (unpaired) electrons. The van der Waals surface area contributed by atoms with Crippen molar-refractivity contribution in [3.05, 3.63) is 17.9 Å². The Bertz CT molecular complexity index is 250. The summed E-state index contributed by atoms with van der Waals surface area (Å²) in [7, 11) is 1.43. The second-order valence-corrected chi connectivity index (χ2v) is 4.60. The Morgan fingerprint density at radius 1 is 1.00 bits per heavy atom. The summed E-state index contributed by atoms with van der Waals surface area (Å²) >= 11 is 0. The molecule has 0 atom stereocenters. The van der Waals surface area contributed by atoms with Crippen molar-refractivity contribution in [3.63, 3.8) is 0 Å². The third kappa shape index (κ3) is 13.1. The molecule has 0 amide bonds. The Morgan fingerprint density at radius 2 is 1.61 bits per heavy atom. The van der Waals surface area contributed by atoms with Crippen LogP contribution in [0.1, 0.15) is 71.1 Å². The largest absolute Gasteiger partial charge is 0.469 e. The lowest BCUT2D eigenvalue weighted by atomic mass is 10.1. The summed E-state index contributed by atoms with van der Waals surface area (Å²) in [5.74, 6) is -0.126. The molecule has 0 aromatic rings. The summed E-state index contributed by atoms with van der Waals surface area (Å²) in [6, 6.07) is 0. The normalized spacial score (nSPS) is 9.67. The zero-order chi connectivity index (χ0) is 13.5. The van der Waals surface area contributed by atoms with Gasteiger partial charge in [-0.2, -0.15) is 0 Å². The maximum atomic E-state index is 10.8. The number of esters is 1. The van der Waals surface area contributed by atoms with Gasteiger partial charge in [0.15, 0.2) is 0 Å². The number of unbranched alkanes of at least 4 members (excludes halogenated alkanes) is 7. The van der Waals surface area contributed by atoms with Gasteiger partial charge in [0, 0.05) is 6.42 Å². The van der Waals surface area contributed by atoms with Gasteiger partial charge in [0.1, 0.15) is 0 Å². The van der Waals surface area contributed by atoms with Crippen LogP contribution in [-0.2, 0) is 9.53 Å². The molecule has 104 valence electrons. The fraction of sp³-hybridized carbons (Fsp3) is 0.750. The van der Waals surface area contributed by atoms with Crippen LogP contribution in [0, 0.1) is 0 Å². The topological polar surface area (TPSA) is 26.3 Å². The number of ether oxygens (including phenoxy) is 1.